The van der Waals surface area contributed by atoms with E-state index >= 15 is 0 Å². The molecule has 3 aromatic rings. The number of pyridine rings is 1. The molecule has 1 atom stereocenters. The van der Waals surface area contributed by atoms with Crippen molar-refractivity contribution in [3.63, 3.8) is 0 Å². The maximum Gasteiger partial charge on any atom is 0.326 e. The molecule has 7 N–H and O–H groups in total. The Morgan fingerprint density at radius 1 is 1.16 bits per heavy atom. The number of nitrogens with two attached hydrogens (primary N) is 1. The molecule has 12 heteroatoms. The molecule has 0 unspecified atom stereocenters. The monoisotopic (exact) mass is 440 g/mol. The van der Waals surface area contributed by atoms with Crippen LogP contribution in [0.1, 0.15) is 28.8 Å². The number of fused-ring (bicyclic) bond motifs is 1. The number of H-pyrrole nitrogens is 1. The van der Waals surface area contributed by atoms with Gasteiger partial charge in [0.05, 0.1) is 17.3 Å². The first kappa shape index (κ1) is 22.2. The highest BCUT2D eigenvalue weighted by molar-refractivity contribution is 5.96. The number of aromatic amines is 1. The number of carboxylic acids is 2. The van der Waals surface area contributed by atoms with Crippen LogP contribution in [0.4, 0.5) is 11.6 Å². The van der Waals surface area contributed by atoms with Crippen molar-refractivity contribution in [3.8, 4) is 0 Å². The van der Waals surface area contributed by atoms with E-state index in [1.807, 2.05) is 0 Å². The first-order chi connectivity index (χ1) is 15.2. The second-order valence-electron chi connectivity index (χ2n) is 6.89. The van der Waals surface area contributed by atoms with E-state index in [-0.39, 0.29) is 35.4 Å². The third kappa shape index (κ3) is 5.56. The fourth-order valence-corrected chi connectivity index (χ4v) is 2.88. The van der Waals surface area contributed by atoms with Crippen molar-refractivity contribution in [1.82, 2.24) is 20.3 Å². The highest BCUT2D eigenvalue weighted by Gasteiger charge is 2.21. The van der Waals surface area contributed by atoms with Gasteiger partial charge in [-0.3, -0.25) is 19.4 Å². The number of anilines is 2. The van der Waals surface area contributed by atoms with Gasteiger partial charge in [-0.05, 0) is 30.2 Å². The van der Waals surface area contributed by atoms with Crippen LogP contribution in [0.25, 0.3) is 11.0 Å². The SMILES string of the molecule is Nc1nc2ncc(NCc3ccc(C(=O)N[C@@H](CCC(=O)O)C(=O)O)cc3)cc2c(=O)[nH]1. The molecule has 0 fully saturated rings. The molecule has 0 radical (unpaired) electrons. The van der Waals surface area contributed by atoms with Crippen LogP contribution in [0.15, 0.2) is 41.3 Å². The van der Waals surface area contributed by atoms with Crippen LogP contribution >= 0.6 is 0 Å². The number of aliphatic carboxylic acids is 2. The molecule has 166 valence electrons. The van der Waals surface area contributed by atoms with Gasteiger partial charge in [0.2, 0.25) is 5.95 Å². The Morgan fingerprint density at radius 2 is 1.88 bits per heavy atom. The Bertz CT molecular complexity index is 1220. The standard InChI is InChI=1S/C20H20N6O6/c21-20-25-16-13(18(30)26-20)7-12(9-23-16)22-8-10-1-3-11(4-2-10)17(29)24-14(19(31)32)5-6-15(27)28/h1-4,7,9,14,22H,5-6,8H2,(H,24,29)(H,27,28)(H,31,32)(H3,21,23,25,26,30)/t14-/m0/s1. The minimum atomic E-state index is -1.30. The van der Waals surface area contributed by atoms with Crippen molar-refractivity contribution in [1.29, 1.82) is 0 Å². The average Bonchev–Trinajstić information content (AvgIpc) is 2.75. The van der Waals surface area contributed by atoms with E-state index in [4.69, 9.17) is 15.9 Å². The molecule has 3 rings (SSSR count). The lowest BCUT2D eigenvalue weighted by Crippen LogP contribution is -2.41. The van der Waals surface area contributed by atoms with E-state index in [0.29, 0.717) is 12.2 Å². The topological polar surface area (TPSA) is 200 Å². The van der Waals surface area contributed by atoms with Gasteiger partial charge in [-0.25, -0.2) is 9.78 Å². The van der Waals surface area contributed by atoms with E-state index in [1.54, 1.807) is 18.2 Å². The first-order valence-corrected chi connectivity index (χ1v) is 9.47. The number of hydrogen-bond acceptors (Lipinski definition) is 8. The number of rotatable bonds is 9. The van der Waals surface area contributed by atoms with Crippen molar-refractivity contribution in [2.75, 3.05) is 11.1 Å². The van der Waals surface area contributed by atoms with E-state index in [2.05, 4.69) is 25.6 Å². The maximum absolute atomic E-state index is 12.3. The minimum Gasteiger partial charge on any atom is -0.481 e. The molecular weight excluding hydrogens is 420 g/mol. The Morgan fingerprint density at radius 3 is 2.53 bits per heavy atom. The lowest BCUT2D eigenvalue weighted by Gasteiger charge is -2.14. The molecule has 0 saturated carbocycles. The molecule has 0 spiro atoms. The number of carbonyl (C=O) groups excluding carboxylic acids is 1. The highest BCUT2D eigenvalue weighted by Crippen LogP contribution is 2.14. The average molecular weight is 440 g/mol. The molecule has 2 aromatic heterocycles. The predicted octanol–water partition coefficient (Wildman–Crippen LogP) is 0.560. The Labute approximate surface area is 180 Å². The molecule has 0 aliphatic carbocycles. The van der Waals surface area contributed by atoms with E-state index in [0.717, 1.165) is 5.56 Å². The summed E-state index contributed by atoms with van der Waals surface area (Å²) in [6.07, 6.45) is 0.920. The van der Waals surface area contributed by atoms with Gasteiger partial charge in [-0.1, -0.05) is 12.1 Å². The summed E-state index contributed by atoms with van der Waals surface area (Å²) in [5, 5.41) is 23.6. The zero-order chi connectivity index (χ0) is 23.3. The lowest BCUT2D eigenvalue weighted by molar-refractivity contribution is -0.140. The van der Waals surface area contributed by atoms with Crippen molar-refractivity contribution in [2.24, 2.45) is 0 Å². The van der Waals surface area contributed by atoms with Gasteiger partial charge in [0, 0.05) is 18.5 Å². The number of amides is 1. The van der Waals surface area contributed by atoms with Gasteiger partial charge >= 0.3 is 11.9 Å². The summed E-state index contributed by atoms with van der Waals surface area (Å²) in [7, 11) is 0. The second-order valence-corrected chi connectivity index (χ2v) is 6.89. The molecule has 1 amide bonds. The number of nitrogens with zero attached hydrogens (tertiary/aromatic N) is 2. The number of nitrogens with one attached hydrogen (secondary N) is 3. The fraction of sp³-hybridized carbons (Fsp3) is 0.200. The van der Waals surface area contributed by atoms with Gasteiger partial charge < -0.3 is 26.6 Å². The van der Waals surface area contributed by atoms with E-state index in [9.17, 15) is 19.2 Å². The second kappa shape index (κ2) is 9.55. The molecule has 32 heavy (non-hydrogen) atoms. The Hall–Kier alpha value is -4.48. The molecule has 1 aromatic carbocycles. The Balaban J connectivity index is 1.62. The van der Waals surface area contributed by atoms with Crippen LogP contribution in [0.2, 0.25) is 0 Å². The third-order valence-electron chi connectivity index (χ3n) is 4.54. The van der Waals surface area contributed by atoms with Crippen LogP contribution in [-0.2, 0) is 16.1 Å². The molecular formula is C20H20N6O6. The van der Waals surface area contributed by atoms with Gasteiger partial charge in [0.15, 0.2) is 5.65 Å². The van der Waals surface area contributed by atoms with Crippen LogP contribution in [0.3, 0.4) is 0 Å². The predicted molar refractivity (Wildman–Crippen MR) is 114 cm³/mol. The summed E-state index contributed by atoms with van der Waals surface area (Å²) in [5.41, 5.74) is 6.95. The van der Waals surface area contributed by atoms with Gasteiger partial charge in [-0.2, -0.15) is 4.98 Å². The highest BCUT2D eigenvalue weighted by atomic mass is 16.4. The minimum absolute atomic E-state index is 0.0172. The summed E-state index contributed by atoms with van der Waals surface area (Å²) in [6.45, 7) is 0.367. The quantitative estimate of drug-likeness (QED) is 0.273. The van der Waals surface area contributed by atoms with E-state index in [1.165, 1.54) is 18.3 Å². The summed E-state index contributed by atoms with van der Waals surface area (Å²) in [4.78, 5) is 56.6. The molecule has 2 heterocycles. The normalized spacial score (nSPS) is 11.6. The fourth-order valence-electron chi connectivity index (χ4n) is 2.88. The van der Waals surface area contributed by atoms with Crippen LogP contribution in [-0.4, -0.2) is 49.1 Å². The molecule has 12 nitrogen and oxygen atoms in total. The lowest BCUT2D eigenvalue weighted by atomic mass is 10.1. The smallest absolute Gasteiger partial charge is 0.326 e. The number of carbonyl (C=O) groups is 3. The number of nitrogen functional groups attached to an aromatic ring is 1. The number of hydrogen-bond donors (Lipinski definition) is 6. The van der Waals surface area contributed by atoms with Crippen molar-refractivity contribution >= 4 is 40.5 Å². The van der Waals surface area contributed by atoms with Crippen LogP contribution in [0.5, 0.6) is 0 Å². The van der Waals surface area contributed by atoms with Crippen molar-refractivity contribution in [3.05, 3.63) is 58.0 Å². The molecule has 0 bridgehead atoms. The van der Waals surface area contributed by atoms with Crippen LogP contribution < -0.4 is 21.9 Å². The third-order valence-corrected chi connectivity index (χ3v) is 4.54. The molecule has 0 aliphatic rings. The van der Waals surface area contributed by atoms with E-state index < -0.39 is 29.4 Å². The summed E-state index contributed by atoms with van der Waals surface area (Å²) in [5.74, 6) is -3.08. The zero-order valence-corrected chi connectivity index (χ0v) is 16.7. The maximum atomic E-state index is 12.3. The number of benzene rings is 1. The summed E-state index contributed by atoms with van der Waals surface area (Å²) >= 11 is 0. The Kier molecular flexibility index (Phi) is 6.63. The van der Waals surface area contributed by atoms with Crippen molar-refractivity contribution < 1.29 is 24.6 Å². The summed E-state index contributed by atoms with van der Waals surface area (Å²) < 4.78 is 0. The first-order valence-electron chi connectivity index (χ1n) is 9.47. The van der Waals surface area contributed by atoms with Crippen molar-refractivity contribution in [2.45, 2.75) is 25.4 Å². The number of carboxylic acid groups (broad SMARTS) is 2. The largest absolute Gasteiger partial charge is 0.481 e. The molecule has 0 aliphatic heterocycles. The number of aromatic nitrogens is 3. The van der Waals surface area contributed by atoms with Crippen LogP contribution in [0, 0.1) is 0 Å². The molecule has 0 saturated heterocycles. The summed E-state index contributed by atoms with van der Waals surface area (Å²) in [6, 6.07) is 6.71. The zero-order valence-electron chi connectivity index (χ0n) is 16.7. The van der Waals surface area contributed by atoms with Gasteiger partial charge in [-0.15, -0.1) is 0 Å². The van der Waals surface area contributed by atoms with Gasteiger partial charge in [0.25, 0.3) is 11.5 Å². The van der Waals surface area contributed by atoms with Gasteiger partial charge in [0.1, 0.15) is 6.04 Å².